The van der Waals surface area contributed by atoms with Crippen LogP contribution in [0.3, 0.4) is 0 Å². The van der Waals surface area contributed by atoms with E-state index in [2.05, 4.69) is 4.98 Å². The van der Waals surface area contributed by atoms with Crippen LogP contribution in [0.2, 0.25) is 0 Å². The molecule has 0 fully saturated rings. The molecule has 30 heavy (non-hydrogen) atoms. The fraction of sp³-hybridized carbons (Fsp3) is 0.167. The number of benzene rings is 2. The van der Waals surface area contributed by atoms with Crippen LogP contribution in [-0.4, -0.2) is 25.8 Å². The minimum absolute atomic E-state index is 0.582. The Morgan fingerprint density at radius 3 is 2.53 bits per heavy atom. The highest BCUT2D eigenvalue weighted by Crippen LogP contribution is 2.33. The van der Waals surface area contributed by atoms with E-state index < -0.39 is 0 Å². The van der Waals surface area contributed by atoms with Crippen LogP contribution >= 0.6 is 0 Å². The van der Waals surface area contributed by atoms with Gasteiger partial charge in [-0.2, -0.15) is 0 Å². The molecule has 2 aromatic heterocycles. The summed E-state index contributed by atoms with van der Waals surface area (Å²) in [4.78, 5) is 9.08. The van der Waals surface area contributed by atoms with E-state index in [0.717, 1.165) is 22.1 Å². The van der Waals surface area contributed by atoms with Gasteiger partial charge < -0.3 is 18.6 Å². The molecule has 2 aromatic carbocycles. The van der Waals surface area contributed by atoms with Crippen molar-refractivity contribution in [2.45, 2.75) is 6.92 Å². The maximum Gasteiger partial charge on any atom is 0.161 e. The molecule has 0 aliphatic rings. The summed E-state index contributed by atoms with van der Waals surface area (Å²) in [5, 5.41) is 1.58. The predicted molar refractivity (Wildman–Crippen MR) is 115 cm³/mol. The first-order chi connectivity index (χ1) is 14.7. The molecule has 6 heteroatoms. The van der Waals surface area contributed by atoms with E-state index in [9.17, 15) is 0 Å². The topological polar surface area (TPSA) is 66.1 Å². The van der Waals surface area contributed by atoms with Crippen molar-refractivity contribution in [1.29, 1.82) is 0 Å². The summed E-state index contributed by atoms with van der Waals surface area (Å²) in [6.45, 7) is 2.53. The second kappa shape index (κ2) is 8.69. The number of fused-ring (bicyclic) bond motifs is 1. The number of nitrogens with zero attached hydrogens (tertiary/aromatic N) is 2. The van der Waals surface area contributed by atoms with Crippen LogP contribution in [0, 0.1) is 0 Å². The van der Waals surface area contributed by atoms with Crippen LogP contribution in [0.4, 0.5) is 5.82 Å². The van der Waals surface area contributed by atoms with Crippen molar-refractivity contribution in [1.82, 2.24) is 4.98 Å². The molecule has 0 saturated heterocycles. The SMILES string of the molecule is CCOc1ccc2oc(-c3ccc(OC)c(OC)c3)c/c(=N\c3ccccn3)c2c1. The van der Waals surface area contributed by atoms with Crippen molar-refractivity contribution < 1.29 is 18.6 Å². The van der Waals surface area contributed by atoms with Gasteiger partial charge in [-0.3, -0.25) is 0 Å². The highest BCUT2D eigenvalue weighted by molar-refractivity contribution is 5.80. The van der Waals surface area contributed by atoms with E-state index in [-0.39, 0.29) is 0 Å². The van der Waals surface area contributed by atoms with Crippen molar-refractivity contribution in [3.05, 3.63) is 72.2 Å². The standard InChI is InChI=1S/C24H22N2O4/c1-4-29-17-9-11-20-18(14-17)19(26-24-7-5-6-12-25-24)15-22(30-20)16-8-10-21(27-2)23(13-16)28-3/h5-15H,4H2,1-3H3/b26-19+. The Bertz CT molecular complexity index is 1230. The Hall–Kier alpha value is -3.80. The highest BCUT2D eigenvalue weighted by Gasteiger charge is 2.11. The van der Waals surface area contributed by atoms with Crippen LogP contribution in [0.5, 0.6) is 17.2 Å². The van der Waals surface area contributed by atoms with Gasteiger partial charge in [0, 0.05) is 23.2 Å². The minimum atomic E-state index is 0.582. The van der Waals surface area contributed by atoms with Crippen molar-refractivity contribution in [2.75, 3.05) is 20.8 Å². The Morgan fingerprint density at radius 1 is 0.933 bits per heavy atom. The first-order valence-electron chi connectivity index (χ1n) is 9.60. The maximum absolute atomic E-state index is 6.20. The molecule has 152 valence electrons. The molecule has 0 N–H and O–H groups in total. The second-order valence-electron chi connectivity index (χ2n) is 6.46. The molecule has 0 unspecified atom stereocenters. The molecule has 4 rings (SSSR count). The second-order valence-corrected chi connectivity index (χ2v) is 6.46. The maximum atomic E-state index is 6.20. The van der Waals surface area contributed by atoms with Gasteiger partial charge in [0.2, 0.25) is 0 Å². The van der Waals surface area contributed by atoms with Crippen LogP contribution in [0.15, 0.2) is 76.3 Å². The van der Waals surface area contributed by atoms with Gasteiger partial charge in [-0.25, -0.2) is 9.98 Å². The first-order valence-corrected chi connectivity index (χ1v) is 9.60. The van der Waals surface area contributed by atoms with Gasteiger partial charge in [-0.1, -0.05) is 6.07 Å². The summed E-state index contributed by atoms with van der Waals surface area (Å²) in [5.74, 6) is 3.31. The third-order valence-corrected chi connectivity index (χ3v) is 4.58. The van der Waals surface area contributed by atoms with Crippen LogP contribution in [0.25, 0.3) is 22.3 Å². The predicted octanol–water partition coefficient (Wildman–Crippen LogP) is 5.14. The molecule has 0 saturated carbocycles. The number of pyridine rings is 1. The smallest absolute Gasteiger partial charge is 0.161 e. The molecule has 2 heterocycles. The normalized spacial score (nSPS) is 11.5. The fourth-order valence-corrected chi connectivity index (χ4v) is 3.17. The van der Waals surface area contributed by atoms with Gasteiger partial charge in [-0.05, 0) is 55.5 Å². The van der Waals surface area contributed by atoms with Gasteiger partial charge in [0.05, 0.1) is 26.2 Å². The third-order valence-electron chi connectivity index (χ3n) is 4.58. The fourth-order valence-electron chi connectivity index (χ4n) is 3.17. The van der Waals surface area contributed by atoms with Crippen LogP contribution < -0.4 is 19.6 Å². The van der Waals surface area contributed by atoms with E-state index in [1.165, 1.54) is 0 Å². The molecular formula is C24H22N2O4. The van der Waals surface area contributed by atoms with E-state index in [4.69, 9.17) is 23.6 Å². The average Bonchev–Trinajstić information content (AvgIpc) is 2.79. The van der Waals surface area contributed by atoms with Crippen LogP contribution in [-0.2, 0) is 0 Å². The van der Waals surface area contributed by atoms with Crippen molar-refractivity contribution in [3.8, 4) is 28.6 Å². The van der Waals surface area contributed by atoms with Gasteiger partial charge in [-0.15, -0.1) is 0 Å². The Labute approximate surface area is 174 Å². The van der Waals surface area contributed by atoms with Gasteiger partial charge >= 0.3 is 0 Å². The van der Waals surface area contributed by atoms with Crippen molar-refractivity contribution >= 4 is 16.8 Å². The number of aromatic nitrogens is 1. The average molecular weight is 402 g/mol. The Kier molecular flexibility index (Phi) is 5.66. The lowest BCUT2D eigenvalue weighted by atomic mass is 10.1. The molecule has 0 bridgehead atoms. The Morgan fingerprint density at radius 2 is 1.80 bits per heavy atom. The summed E-state index contributed by atoms with van der Waals surface area (Å²) >= 11 is 0. The summed E-state index contributed by atoms with van der Waals surface area (Å²) in [5.41, 5.74) is 1.54. The lowest BCUT2D eigenvalue weighted by Gasteiger charge is -2.10. The molecule has 4 aromatic rings. The summed E-state index contributed by atoms with van der Waals surface area (Å²) in [7, 11) is 3.22. The summed E-state index contributed by atoms with van der Waals surface area (Å²) in [6.07, 6.45) is 1.72. The van der Waals surface area contributed by atoms with Gasteiger partial charge in [0.25, 0.3) is 0 Å². The first kappa shape index (κ1) is 19.5. The highest BCUT2D eigenvalue weighted by atomic mass is 16.5. The van der Waals surface area contributed by atoms with E-state index in [1.807, 2.05) is 67.6 Å². The summed E-state index contributed by atoms with van der Waals surface area (Å²) in [6, 6.07) is 18.9. The molecule has 6 nitrogen and oxygen atoms in total. The monoisotopic (exact) mass is 402 g/mol. The zero-order chi connectivity index (χ0) is 20.9. The molecule has 0 aliphatic heterocycles. The van der Waals surface area contributed by atoms with Crippen LogP contribution in [0.1, 0.15) is 6.92 Å². The molecular weight excluding hydrogens is 380 g/mol. The number of rotatable bonds is 6. The quantitative estimate of drug-likeness (QED) is 0.447. The number of hydrogen-bond donors (Lipinski definition) is 0. The van der Waals surface area contributed by atoms with E-state index in [1.54, 1.807) is 20.4 Å². The van der Waals surface area contributed by atoms with E-state index in [0.29, 0.717) is 35.3 Å². The number of methoxy groups -OCH3 is 2. The zero-order valence-corrected chi connectivity index (χ0v) is 17.1. The van der Waals surface area contributed by atoms with Gasteiger partial charge in [0.1, 0.15) is 17.1 Å². The largest absolute Gasteiger partial charge is 0.494 e. The molecule has 0 atom stereocenters. The molecule has 0 amide bonds. The summed E-state index contributed by atoms with van der Waals surface area (Å²) < 4.78 is 22.6. The molecule has 0 radical (unpaired) electrons. The van der Waals surface area contributed by atoms with E-state index >= 15 is 0 Å². The molecule has 0 spiro atoms. The zero-order valence-electron chi connectivity index (χ0n) is 17.1. The lowest BCUT2D eigenvalue weighted by Crippen LogP contribution is -2.04. The van der Waals surface area contributed by atoms with Crippen molar-refractivity contribution in [2.24, 2.45) is 4.99 Å². The van der Waals surface area contributed by atoms with Crippen molar-refractivity contribution in [3.63, 3.8) is 0 Å². The van der Waals surface area contributed by atoms with Gasteiger partial charge in [0.15, 0.2) is 17.3 Å². The third kappa shape index (κ3) is 3.98. The number of hydrogen-bond acceptors (Lipinski definition) is 6. The minimum Gasteiger partial charge on any atom is -0.494 e. The lowest BCUT2D eigenvalue weighted by molar-refractivity contribution is 0.340. The number of ether oxygens (including phenoxy) is 3. The Balaban J connectivity index is 1.94. The molecule has 0 aliphatic carbocycles.